The number of aryl methyl sites for hydroxylation is 1. The van der Waals surface area contributed by atoms with Crippen LogP contribution in [0.15, 0.2) is 35.2 Å². The van der Waals surface area contributed by atoms with E-state index in [1.165, 1.54) is 22.5 Å². The summed E-state index contributed by atoms with van der Waals surface area (Å²) in [5.74, 6) is 1.14. The minimum Gasteiger partial charge on any atom is -0.356 e. The second-order valence-electron chi connectivity index (χ2n) is 6.72. The molecule has 2 heterocycles. The van der Waals surface area contributed by atoms with Crippen molar-refractivity contribution in [2.75, 3.05) is 49.1 Å². The summed E-state index contributed by atoms with van der Waals surface area (Å²) in [6, 6.07) is 7.64. The second-order valence-corrected chi connectivity index (χ2v) is 8.63. The Bertz CT molecular complexity index is 908. The zero-order valence-corrected chi connectivity index (χ0v) is 17.3. The van der Waals surface area contributed by atoms with Crippen LogP contribution in [0.1, 0.15) is 19.4 Å². The molecule has 28 heavy (non-hydrogen) atoms. The highest BCUT2D eigenvalue weighted by Crippen LogP contribution is 2.23. The van der Waals surface area contributed by atoms with Crippen LogP contribution in [0.2, 0.25) is 0 Å². The van der Waals surface area contributed by atoms with Gasteiger partial charge in [-0.15, -0.1) is 10.2 Å². The van der Waals surface area contributed by atoms with E-state index in [1.807, 2.05) is 17.0 Å². The van der Waals surface area contributed by atoms with Crippen molar-refractivity contribution in [3.05, 3.63) is 41.7 Å². The third-order valence-corrected chi connectivity index (χ3v) is 7.10. The molecule has 1 aromatic carbocycles. The Hall–Kier alpha value is -2.26. The second kappa shape index (κ2) is 8.40. The Morgan fingerprint density at radius 2 is 1.71 bits per heavy atom. The molecular weight excluding hydrogens is 381 g/mol. The van der Waals surface area contributed by atoms with Crippen molar-refractivity contribution in [1.29, 1.82) is 0 Å². The number of hydrogen-bond donors (Lipinski definition) is 0. The van der Waals surface area contributed by atoms with Gasteiger partial charge < -0.3 is 9.80 Å². The van der Waals surface area contributed by atoms with E-state index in [0.717, 1.165) is 24.7 Å². The van der Waals surface area contributed by atoms with Crippen LogP contribution in [0.5, 0.6) is 0 Å². The standard InChI is InChI=1S/C19H26FN5O2S/c1-4-23(5-2)18-8-9-19(22-21-18)24-10-12-25(13-11-24)28(26,27)17-7-6-16(20)14-15(17)3/h6-9,14H,4-5,10-13H2,1-3H3. The van der Waals surface area contributed by atoms with Gasteiger partial charge in [-0.2, -0.15) is 4.31 Å². The van der Waals surface area contributed by atoms with Gasteiger partial charge in [0.25, 0.3) is 0 Å². The SMILES string of the molecule is CCN(CC)c1ccc(N2CCN(S(=O)(=O)c3ccc(F)cc3C)CC2)nn1. The van der Waals surface area contributed by atoms with Gasteiger partial charge in [-0.3, -0.25) is 0 Å². The fourth-order valence-corrected chi connectivity index (χ4v) is 5.03. The van der Waals surface area contributed by atoms with Crippen molar-refractivity contribution < 1.29 is 12.8 Å². The minimum atomic E-state index is -3.64. The molecule has 0 bridgehead atoms. The maximum absolute atomic E-state index is 13.3. The molecular formula is C19H26FN5O2S. The average molecular weight is 408 g/mol. The fourth-order valence-electron chi connectivity index (χ4n) is 3.40. The van der Waals surface area contributed by atoms with E-state index in [0.29, 0.717) is 31.7 Å². The van der Waals surface area contributed by atoms with Crippen LogP contribution >= 0.6 is 0 Å². The smallest absolute Gasteiger partial charge is 0.243 e. The van der Waals surface area contributed by atoms with Gasteiger partial charge in [-0.05, 0) is 56.7 Å². The summed E-state index contributed by atoms with van der Waals surface area (Å²) < 4.78 is 40.6. The molecule has 1 aliphatic rings. The fraction of sp³-hybridized carbons (Fsp3) is 0.474. The molecule has 1 saturated heterocycles. The first kappa shape index (κ1) is 20.5. The Balaban J connectivity index is 1.68. The molecule has 7 nitrogen and oxygen atoms in total. The highest BCUT2D eigenvalue weighted by atomic mass is 32.2. The molecule has 0 atom stereocenters. The number of hydrogen-bond acceptors (Lipinski definition) is 6. The molecule has 9 heteroatoms. The Morgan fingerprint density at radius 3 is 2.25 bits per heavy atom. The zero-order valence-electron chi connectivity index (χ0n) is 16.5. The summed E-state index contributed by atoms with van der Waals surface area (Å²) in [6.07, 6.45) is 0. The highest BCUT2D eigenvalue weighted by molar-refractivity contribution is 7.89. The molecule has 0 unspecified atom stereocenters. The van der Waals surface area contributed by atoms with Crippen molar-refractivity contribution in [3.8, 4) is 0 Å². The van der Waals surface area contributed by atoms with Crippen LogP contribution in [-0.2, 0) is 10.0 Å². The van der Waals surface area contributed by atoms with Gasteiger partial charge >= 0.3 is 0 Å². The number of aromatic nitrogens is 2. The van der Waals surface area contributed by atoms with Gasteiger partial charge in [0.1, 0.15) is 5.82 Å². The third-order valence-electron chi connectivity index (χ3n) is 5.04. The number of nitrogens with zero attached hydrogens (tertiary/aromatic N) is 5. The van der Waals surface area contributed by atoms with Gasteiger partial charge in [-0.1, -0.05) is 0 Å². The number of benzene rings is 1. The summed E-state index contributed by atoms with van der Waals surface area (Å²) in [5, 5.41) is 8.61. The summed E-state index contributed by atoms with van der Waals surface area (Å²) in [5.41, 5.74) is 0.417. The molecule has 0 saturated carbocycles. The maximum Gasteiger partial charge on any atom is 0.243 e. The van der Waals surface area contributed by atoms with Gasteiger partial charge in [0, 0.05) is 39.3 Å². The van der Waals surface area contributed by atoms with Crippen LogP contribution < -0.4 is 9.80 Å². The van der Waals surface area contributed by atoms with Crippen molar-refractivity contribution >= 4 is 21.7 Å². The first-order valence-corrected chi connectivity index (χ1v) is 10.9. The summed E-state index contributed by atoms with van der Waals surface area (Å²) in [7, 11) is -3.64. The molecule has 0 N–H and O–H groups in total. The molecule has 0 spiro atoms. The first-order valence-electron chi connectivity index (χ1n) is 9.46. The van der Waals surface area contributed by atoms with Gasteiger partial charge in [-0.25, -0.2) is 12.8 Å². The predicted molar refractivity (Wildman–Crippen MR) is 108 cm³/mol. The van der Waals surface area contributed by atoms with Gasteiger partial charge in [0.15, 0.2) is 11.6 Å². The monoisotopic (exact) mass is 407 g/mol. The molecule has 0 radical (unpaired) electrons. The van der Waals surface area contributed by atoms with Crippen molar-refractivity contribution in [1.82, 2.24) is 14.5 Å². The lowest BCUT2D eigenvalue weighted by atomic mass is 10.2. The number of sulfonamides is 1. The van der Waals surface area contributed by atoms with Crippen LogP contribution in [0.3, 0.4) is 0 Å². The quantitative estimate of drug-likeness (QED) is 0.732. The highest BCUT2D eigenvalue weighted by Gasteiger charge is 2.30. The predicted octanol–water partition coefficient (Wildman–Crippen LogP) is 2.28. The van der Waals surface area contributed by atoms with Crippen molar-refractivity contribution in [2.45, 2.75) is 25.7 Å². The zero-order chi connectivity index (χ0) is 20.3. The van der Waals surface area contributed by atoms with E-state index < -0.39 is 15.8 Å². The normalized spacial score (nSPS) is 15.6. The molecule has 3 rings (SSSR count). The first-order chi connectivity index (χ1) is 13.4. The van der Waals surface area contributed by atoms with E-state index in [4.69, 9.17) is 0 Å². The van der Waals surface area contributed by atoms with E-state index >= 15 is 0 Å². The minimum absolute atomic E-state index is 0.158. The van der Waals surface area contributed by atoms with Crippen LogP contribution in [0.4, 0.5) is 16.0 Å². The van der Waals surface area contributed by atoms with Crippen LogP contribution in [0.25, 0.3) is 0 Å². The van der Waals surface area contributed by atoms with Gasteiger partial charge in [0.05, 0.1) is 4.90 Å². The van der Waals surface area contributed by atoms with Crippen molar-refractivity contribution in [2.24, 2.45) is 0 Å². The maximum atomic E-state index is 13.3. The van der Waals surface area contributed by atoms with E-state index in [1.54, 1.807) is 6.92 Å². The molecule has 1 aromatic heterocycles. The molecule has 0 amide bonds. The summed E-state index contributed by atoms with van der Waals surface area (Å²) >= 11 is 0. The lowest BCUT2D eigenvalue weighted by Crippen LogP contribution is -2.49. The summed E-state index contributed by atoms with van der Waals surface area (Å²) in [6.45, 7) is 9.23. The Morgan fingerprint density at radius 1 is 1.04 bits per heavy atom. The average Bonchev–Trinajstić information content (AvgIpc) is 2.69. The number of anilines is 2. The Kier molecular flexibility index (Phi) is 6.14. The van der Waals surface area contributed by atoms with E-state index in [2.05, 4.69) is 28.9 Å². The molecule has 2 aromatic rings. The molecule has 0 aliphatic carbocycles. The topological polar surface area (TPSA) is 69.6 Å². The number of piperazine rings is 1. The molecule has 1 fully saturated rings. The van der Waals surface area contributed by atoms with Crippen LogP contribution in [-0.4, -0.2) is 62.2 Å². The van der Waals surface area contributed by atoms with Crippen LogP contribution in [0, 0.1) is 12.7 Å². The van der Waals surface area contributed by atoms with Crippen molar-refractivity contribution in [3.63, 3.8) is 0 Å². The van der Waals surface area contributed by atoms with E-state index in [-0.39, 0.29) is 4.90 Å². The Labute approximate surface area is 165 Å². The van der Waals surface area contributed by atoms with E-state index in [9.17, 15) is 12.8 Å². The number of halogens is 1. The number of rotatable bonds is 6. The molecule has 152 valence electrons. The lowest BCUT2D eigenvalue weighted by molar-refractivity contribution is 0.383. The lowest BCUT2D eigenvalue weighted by Gasteiger charge is -2.34. The largest absolute Gasteiger partial charge is 0.356 e. The third kappa shape index (κ3) is 4.10. The summed E-state index contributed by atoms with van der Waals surface area (Å²) in [4.78, 5) is 4.31. The molecule has 1 aliphatic heterocycles. The van der Waals surface area contributed by atoms with Gasteiger partial charge in [0.2, 0.25) is 10.0 Å².